The molecule has 2 aromatic heterocycles. The number of rotatable bonds is 6. The summed E-state index contributed by atoms with van der Waals surface area (Å²) < 4.78 is 2.10. The van der Waals surface area contributed by atoms with Gasteiger partial charge in [0.15, 0.2) is 0 Å². The van der Waals surface area contributed by atoms with Crippen LogP contribution in [0.25, 0.3) is 39.1 Å². The molecule has 0 bridgehead atoms. The van der Waals surface area contributed by atoms with E-state index in [2.05, 4.69) is 39.2 Å². The first-order valence-electron chi connectivity index (χ1n) is 10.6. The Labute approximate surface area is 205 Å². The van der Waals surface area contributed by atoms with Crippen molar-refractivity contribution in [2.75, 3.05) is 5.75 Å². The molecule has 0 atom stereocenters. The second kappa shape index (κ2) is 9.69. The molecule has 5 rings (SSSR count). The van der Waals surface area contributed by atoms with Gasteiger partial charge in [0.25, 0.3) is 0 Å². The summed E-state index contributed by atoms with van der Waals surface area (Å²) in [6, 6.07) is 28.0. The zero-order valence-corrected chi connectivity index (χ0v) is 19.6. The van der Waals surface area contributed by atoms with Gasteiger partial charge in [-0.15, -0.1) is 0 Å². The summed E-state index contributed by atoms with van der Waals surface area (Å²) in [5.41, 5.74) is 7.79. The molecule has 0 saturated heterocycles. The Morgan fingerprint density at radius 3 is 2.32 bits per heavy atom. The minimum Gasteiger partial charge on any atom is -0.294 e. The Hall–Kier alpha value is -3.65. The van der Waals surface area contributed by atoms with Crippen molar-refractivity contribution in [3.8, 4) is 28.1 Å². The molecule has 5 aromatic rings. The second-order valence-corrected chi connectivity index (χ2v) is 8.91. The number of nitrogens with two attached hydrogens (primary N) is 1. The third-order valence-corrected chi connectivity index (χ3v) is 6.62. The third kappa shape index (κ3) is 4.17. The summed E-state index contributed by atoms with van der Waals surface area (Å²) >= 11 is 7.72. The Morgan fingerprint density at radius 2 is 1.65 bits per heavy atom. The van der Waals surface area contributed by atoms with Gasteiger partial charge < -0.3 is 0 Å². The molecule has 168 valence electrons. The number of nitrogens with one attached hydrogen (secondary N) is 1. The van der Waals surface area contributed by atoms with Gasteiger partial charge in [0.05, 0.1) is 16.8 Å². The predicted molar refractivity (Wildman–Crippen MR) is 138 cm³/mol. The quantitative estimate of drug-likeness (QED) is 0.109. The van der Waals surface area contributed by atoms with Crippen molar-refractivity contribution in [2.45, 2.75) is 5.03 Å². The summed E-state index contributed by atoms with van der Waals surface area (Å²) in [7, 11) is 0. The number of aromatic nitrogens is 3. The van der Waals surface area contributed by atoms with E-state index in [1.54, 1.807) is 0 Å². The Balaban J connectivity index is 1.91. The van der Waals surface area contributed by atoms with Crippen LogP contribution in [0.3, 0.4) is 0 Å². The molecular weight excluding hydrogens is 466 g/mol. The number of amides is 1. The van der Waals surface area contributed by atoms with E-state index in [0.29, 0.717) is 10.0 Å². The largest absolute Gasteiger partial charge is 0.294 e. The fourth-order valence-electron chi connectivity index (χ4n) is 3.99. The molecular formula is C26H20ClN5OS. The van der Waals surface area contributed by atoms with Crippen LogP contribution >= 0.6 is 23.4 Å². The average Bonchev–Trinajstić information content (AvgIpc) is 3.24. The summed E-state index contributed by atoms with van der Waals surface area (Å²) in [5, 5.41) is 2.19. The molecule has 0 saturated carbocycles. The number of hydrogen-bond donors (Lipinski definition) is 2. The maximum atomic E-state index is 11.9. The van der Waals surface area contributed by atoms with Crippen molar-refractivity contribution >= 4 is 40.3 Å². The van der Waals surface area contributed by atoms with Gasteiger partial charge in [-0.3, -0.25) is 14.8 Å². The number of halogens is 1. The lowest BCUT2D eigenvalue weighted by Crippen LogP contribution is -2.31. The molecule has 0 radical (unpaired) electrons. The van der Waals surface area contributed by atoms with Gasteiger partial charge in [0.1, 0.15) is 17.0 Å². The van der Waals surface area contributed by atoms with Gasteiger partial charge in [-0.05, 0) is 29.3 Å². The molecule has 0 aliphatic heterocycles. The standard InChI is InChI=1S/C26H20ClN5OS/c27-19-12-7-13-20(14-19)32-24(18-10-5-2-6-11-18)22(17-8-3-1-4-9-17)23-25(32)29-16-30-26(23)34-15-21(33)31-28/h1-14,16H,15,28H2,(H,31,33). The lowest BCUT2D eigenvalue weighted by Gasteiger charge is -2.13. The number of hydrazine groups is 1. The molecule has 2 heterocycles. The van der Waals surface area contributed by atoms with E-state index >= 15 is 0 Å². The van der Waals surface area contributed by atoms with E-state index < -0.39 is 0 Å². The molecule has 1 amide bonds. The highest BCUT2D eigenvalue weighted by Gasteiger charge is 2.25. The fourth-order valence-corrected chi connectivity index (χ4v) is 4.99. The topological polar surface area (TPSA) is 85.8 Å². The van der Waals surface area contributed by atoms with Crippen LogP contribution < -0.4 is 11.3 Å². The first-order valence-corrected chi connectivity index (χ1v) is 11.9. The van der Waals surface area contributed by atoms with Crippen LogP contribution in [0.2, 0.25) is 5.02 Å². The van der Waals surface area contributed by atoms with Crippen molar-refractivity contribution in [1.82, 2.24) is 20.0 Å². The lowest BCUT2D eigenvalue weighted by molar-refractivity contribution is -0.118. The third-order valence-electron chi connectivity index (χ3n) is 5.39. The highest BCUT2D eigenvalue weighted by molar-refractivity contribution is 8.00. The first-order chi connectivity index (χ1) is 16.7. The minimum atomic E-state index is -0.282. The number of fused-ring (bicyclic) bond motifs is 1. The van der Waals surface area contributed by atoms with Gasteiger partial charge in [0, 0.05) is 16.3 Å². The van der Waals surface area contributed by atoms with Gasteiger partial charge >= 0.3 is 0 Å². The normalized spacial score (nSPS) is 11.0. The summed E-state index contributed by atoms with van der Waals surface area (Å²) in [5.74, 6) is 5.16. The predicted octanol–water partition coefficient (Wildman–Crippen LogP) is 5.49. The summed E-state index contributed by atoms with van der Waals surface area (Å²) in [6.45, 7) is 0. The molecule has 0 aliphatic rings. The molecule has 0 aliphatic carbocycles. The van der Waals surface area contributed by atoms with Crippen LogP contribution in [0.4, 0.5) is 0 Å². The van der Waals surface area contributed by atoms with Gasteiger partial charge in [-0.25, -0.2) is 15.8 Å². The molecule has 0 spiro atoms. The highest BCUT2D eigenvalue weighted by Crippen LogP contribution is 2.44. The smallest absolute Gasteiger partial charge is 0.244 e. The lowest BCUT2D eigenvalue weighted by atomic mass is 9.99. The van der Waals surface area contributed by atoms with Gasteiger partial charge in [0.2, 0.25) is 5.91 Å². The van der Waals surface area contributed by atoms with Crippen LogP contribution in [0, 0.1) is 0 Å². The number of benzene rings is 3. The molecule has 0 fully saturated rings. The van der Waals surface area contributed by atoms with Crippen LogP contribution in [0.5, 0.6) is 0 Å². The van der Waals surface area contributed by atoms with Gasteiger partial charge in [-0.1, -0.05) is 90.1 Å². The highest BCUT2D eigenvalue weighted by atomic mass is 35.5. The van der Waals surface area contributed by atoms with E-state index in [1.807, 2.05) is 60.7 Å². The van der Waals surface area contributed by atoms with Crippen molar-refractivity contribution in [2.24, 2.45) is 5.84 Å². The van der Waals surface area contributed by atoms with Crippen molar-refractivity contribution in [1.29, 1.82) is 0 Å². The number of nitrogens with zero attached hydrogens (tertiary/aromatic N) is 3. The van der Waals surface area contributed by atoms with E-state index in [0.717, 1.165) is 39.1 Å². The fraction of sp³-hybridized carbons (Fsp3) is 0.0385. The maximum absolute atomic E-state index is 11.9. The number of carbonyl (C=O) groups is 1. The number of thioether (sulfide) groups is 1. The van der Waals surface area contributed by atoms with Gasteiger partial charge in [-0.2, -0.15) is 0 Å². The summed E-state index contributed by atoms with van der Waals surface area (Å²) in [4.78, 5) is 21.2. The van der Waals surface area contributed by atoms with Crippen LogP contribution in [0.1, 0.15) is 0 Å². The van der Waals surface area contributed by atoms with Crippen LogP contribution in [0.15, 0.2) is 96.3 Å². The Kier molecular flexibility index (Phi) is 6.31. The van der Waals surface area contributed by atoms with Crippen molar-refractivity contribution < 1.29 is 4.79 Å². The molecule has 34 heavy (non-hydrogen) atoms. The van der Waals surface area contributed by atoms with Crippen LogP contribution in [-0.4, -0.2) is 26.2 Å². The minimum absolute atomic E-state index is 0.139. The molecule has 0 unspecified atom stereocenters. The van der Waals surface area contributed by atoms with E-state index in [-0.39, 0.29) is 11.7 Å². The average molecular weight is 486 g/mol. The molecule has 8 heteroatoms. The van der Waals surface area contributed by atoms with E-state index in [4.69, 9.17) is 22.4 Å². The Bertz CT molecular complexity index is 1470. The number of carbonyl (C=O) groups excluding carboxylic acids is 1. The van der Waals surface area contributed by atoms with Crippen molar-refractivity contribution in [3.63, 3.8) is 0 Å². The molecule has 3 aromatic carbocycles. The number of hydrogen-bond acceptors (Lipinski definition) is 5. The zero-order chi connectivity index (χ0) is 23.5. The van der Waals surface area contributed by atoms with E-state index in [1.165, 1.54) is 18.1 Å². The monoisotopic (exact) mass is 485 g/mol. The van der Waals surface area contributed by atoms with E-state index in [9.17, 15) is 4.79 Å². The first kappa shape index (κ1) is 22.2. The molecule has 3 N–H and O–H groups in total. The maximum Gasteiger partial charge on any atom is 0.244 e. The van der Waals surface area contributed by atoms with Crippen LogP contribution in [-0.2, 0) is 4.79 Å². The Morgan fingerprint density at radius 1 is 0.941 bits per heavy atom. The molecule has 6 nitrogen and oxygen atoms in total. The SMILES string of the molecule is NNC(=O)CSc1ncnc2c1c(-c1ccccc1)c(-c1ccccc1)n2-c1cccc(Cl)c1. The second-order valence-electron chi connectivity index (χ2n) is 7.50. The summed E-state index contributed by atoms with van der Waals surface area (Å²) in [6.07, 6.45) is 1.52. The van der Waals surface area contributed by atoms with Crippen molar-refractivity contribution in [3.05, 3.63) is 96.3 Å². The zero-order valence-electron chi connectivity index (χ0n) is 18.0.